The third kappa shape index (κ3) is 3.91. The van der Waals surface area contributed by atoms with E-state index in [1.54, 1.807) is 11.3 Å². The van der Waals surface area contributed by atoms with Crippen molar-refractivity contribution >= 4 is 53.8 Å². The van der Waals surface area contributed by atoms with Crippen LogP contribution in [-0.4, -0.2) is 43.0 Å². The van der Waals surface area contributed by atoms with Gasteiger partial charge in [0.25, 0.3) is 0 Å². The number of carbonyl (C=O) groups is 1. The number of piperidine rings is 1. The van der Waals surface area contributed by atoms with Crippen molar-refractivity contribution in [3.8, 4) is 10.6 Å². The SMILES string of the molecule is CS(=O)(=O)N1CCC[C@@H](C(=O)Nc2sccc2-c2nc3ccccc3s2)C1. The minimum atomic E-state index is -3.27. The number of hydrogen-bond donors (Lipinski definition) is 1. The lowest BCUT2D eigenvalue weighted by Gasteiger charge is -2.30. The number of sulfonamides is 1. The Hall–Kier alpha value is -1.81. The summed E-state index contributed by atoms with van der Waals surface area (Å²) < 4.78 is 26.1. The van der Waals surface area contributed by atoms with Gasteiger partial charge in [0.15, 0.2) is 0 Å². The second-order valence-corrected chi connectivity index (χ2v) is 10.5. The van der Waals surface area contributed by atoms with Crippen LogP contribution in [0.3, 0.4) is 0 Å². The van der Waals surface area contributed by atoms with E-state index < -0.39 is 10.0 Å². The molecule has 0 saturated carbocycles. The number of fused-ring (bicyclic) bond motifs is 1. The molecule has 3 heterocycles. The number of benzene rings is 1. The molecule has 0 spiro atoms. The minimum Gasteiger partial charge on any atom is -0.317 e. The lowest BCUT2D eigenvalue weighted by molar-refractivity contribution is -0.120. The highest BCUT2D eigenvalue weighted by Gasteiger charge is 2.30. The predicted molar refractivity (Wildman–Crippen MR) is 111 cm³/mol. The Morgan fingerprint density at radius 3 is 2.89 bits per heavy atom. The van der Waals surface area contributed by atoms with Crippen molar-refractivity contribution in [2.75, 3.05) is 24.7 Å². The van der Waals surface area contributed by atoms with Crippen LogP contribution in [0, 0.1) is 5.92 Å². The van der Waals surface area contributed by atoms with E-state index in [1.807, 2.05) is 35.7 Å². The number of para-hydroxylation sites is 1. The molecule has 1 aliphatic rings. The highest BCUT2D eigenvalue weighted by atomic mass is 32.2. The molecule has 1 aromatic carbocycles. The summed E-state index contributed by atoms with van der Waals surface area (Å²) in [5, 5.41) is 6.56. The first-order chi connectivity index (χ1) is 12.9. The molecule has 9 heteroatoms. The number of anilines is 1. The normalized spacial score (nSPS) is 18.6. The standard InChI is InChI=1S/C18H19N3O3S3/c1-27(23,24)21-9-4-5-12(11-21)16(22)20-17-13(8-10-25-17)18-19-14-6-2-3-7-15(14)26-18/h2-3,6-8,10,12H,4-5,9,11H2,1H3,(H,20,22)/t12-/m1/s1. The Bertz CT molecular complexity index is 1050. The molecule has 0 unspecified atom stereocenters. The van der Waals surface area contributed by atoms with Crippen LogP contribution in [0.2, 0.25) is 0 Å². The quantitative estimate of drug-likeness (QED) is 0.698. The van der Waals surface area contributed by atoms with Gasteiger partial charge in [0, 0.05) is 18.7 Å². The number of nitrogens with zero attached hydrogens (tertiary/aromatic N) is 2. The van der Waals surface area contributed by atoms with Gasteiger partial charge in [-0.1, -0.05) is 12.1 Å². The fourth-order valence-electron chi connectivity index (χ4n) is 3.23. The summed E-state index contributed by atoms with van der Waals surface area (Å²) >= 11 is 3.05. The molecule has 27 heavy (non-hydrogen) atoms. The molecule has 4 rings (SSSR count). The number of rotatable bonds is 4. The molecule has 0 radical (unpaired) electrons. The van der Waals surface area contributed by atoms with Crippen molar-refractivity contribution in [3.63, 3.8) is 0 Å². The van der Waals surface area contributed by atoms with E-state index in [0.717, 1.165) is 25.8 Å². The first kappa shape index (κ1) is 18.5. The van der Waals surface area contributed by atoms with Crippen molar-refractivity contribution in [3.05, 3.63) is 35.7 Å². The van der Waals surface area contributed by atoms with E-state index in [4.69, 9.17) is 0 Å². The summed E-state index contributed by atoms with van der Waals surface area (Å²) in [6.07, 6.45) is 2.58. The maximum atomic E-state index is 12.8. The number of aromatic nitrogens is 1. The molecule has 6 nitrogen and oxygen atoms in total. The van der Waals surface area contributed by atoms with Gasteiger partial charge in [0.05, 0.1) is 22.4 Å². The Kier molecular flexibility index (Phi) is 5.02. The molecular formula is C18H19N3O3S3. The van der Waals surface area contributed by atoms with Crippen LogP contribution in [-0.2, 0) is 14.8 Å². The van der Waals surface area contributed by atoms with Gasteiger partial charge < -0.3 is 5.32 Å². The fraction of sp³-hybridized carbons (Fsp3) is 0.333. The van der Waals surface area contributed by atoms with Crippen LogP contribution in [0.5, 0.6) is 0 Å². The van der Waals surface area contributed by atoms with Crippen LogP contribution in [0.25, 0.3) is 20.8 Å². The number of amides is 1. The average molecular weight is 422 g/mol. The monoisotopic (exact) mass is 421 g/mol. The van der Waals surface area contributed by atoms with Crippen molar-refractivity contribution in [2.24, 2.45) is 5.92 Å². The summed E-state index contributed by atoms with van der Waals surface area (Å²) in [4.78, 5) is 17.4. The number of thiazole rings is 1. The number of nitrogens with one attached hydrogen (secondary N) is 1. The zero-order chi connectivity index (χ0) is 19.0. The topological polar surface area (TPSA) is 79.4 Å². The molecule has 1 N–H and O–H groups in total. The molecule has 1 saturated heterocycles. The molecule has 1 fully saturated rings. The number of hydrogen-bond acceptors (Lipinski definition) is 6. The molecule has 3 aromatic rings. The zero-order valence-electron chi connectivity index (χ0n) is 14.7. The Morgan fingerprint density at radius 2 is 2.11 bits per heavy atom. The van der Waals surface area contributed by atoms with Gasteiger partial charge in [-0.2, -0.15) is 0 Å². The average Bonchev–Trinajstić information content (AvgIpc) is 3.27. The van der Waals surface area contributed by atoms with Gasteiger partial charge in [-0.3, -0.25) is 4.79 Å². The van der Waals surface area contributed by atoms with Gasteiger partial charge in [-0.05, 0) is 36.4 Å². The first-order valence-corrected chi connectivity index (χ1v) is 12.2. The lowest BCUT2D eigenvalue weighted by atomic mass is 9.99. The van der Waals surface area contributed by atoms with Gasteiger partial charge in [-0.15, -0.1) is 22.7 Å². The van der Waals surface area contributed by atoms with Gasteiger partial charge in [0.1, 0.15) is 10.0 Å². The summed E-state index contributed by atoms with van der Waals surface area (Å²) in [5.41, 5.74) is 1.85. The second kappa shape index (κ2) is 7.31. The van der Waals surface area contributed by atoms with Crippen molar-refractivity contribution in [1.29, 1.82) is 0 Å². The predicted octanol–water partition coefficient (Wildman–Crippen LogP) is 3.63. The Balaban J connectivity index is 1.54. The molecule has 1 atom stereocenters. The van der Waals surface area contributed by atoms with E-state index in [-0.39, 0.29) is 18.4 Å². The molecule has 0 bridgehead atoms. The zero-order valence-corrected chi connectivity index (χ0v) is 17.2. The molecule has 142 valence electrons. The Labute approximate surface area is 165 Å². The smallest absolute Gasteiger partial charge is 0.229 e. The summed E-state index contributed by atoms with van der Waals surface area (Å²) in [7, 11) is -3.27. The van der Waals surface area contributed by atoms with Crippen LogP contribution >= 0.6 is 22.7 Å². The van der Waals surface area contributed by atoms with Crippen molar-refractivity contribution in [2.45, 2.75) is 12.8 Å². The van der Waals surface area contributed by atoms with Crippen molar-refractivity contribution in [1.82, 2.24) is 9.29 Å². The summed E-state index contributed by atoms with van der Waals surface area (Å²) in [6.45, 7) is 0.727. The van der Waals surface area contributed by atoms with Crippen LogP contribution in [0.15, 0.2) is 35.7 Å². The minimum absolute atomic E-state index is 0.131. The first-order valence-electron chi connectivity index (χ1n) is 8.61. The van der Waals surface area contributed by atoms with Gasteiger partial charge in [-0.25, -0.2) is 17.7 Å². The van der Waals surface area contributed by atoms with Crippen molar-refractivity contribution < 1.29 is 13.2 Å². The third-order valence-corrected chi connectivity index (χ3v) is 7.82. The molecule has 1 amide bonds. The summed E-state index contributed by atoms with van der Waals surface area (Å²) in [6, 6.07) is 9.91. The van der Waals surface area contributed by atoms with E-state index >= 15 is 0 Å². The van der Waals surface area contributed by atoms with E-state index in [9.17, 15) is 13.2 Å². The van der Waals surface area contributed by atoms with Gasteiger partial charge in [0.2, 0.25) is 15.9 Å². The van der Waals surface area contributed by atoms with Crippen LogP contribution in [0.4, 0.5) is 5.00 Å². The molecular weight excluding hydrogens is 402 g/mol. The van der Waals surface area contributed by atoms with E-state index in [0.29, 0.717) is 19.4 Å². The van der Waals surface area contributed by atoms with E-state index in [1.165, 1.54) is 21.9 Å². The van der Waals surface area contributed by atoms with Crippen LogP contribution < -0.4 is 5.32 Å². The highest BCUT2D eigenvalue weighted by Crippen LogP contribution is 2.38. The van der Waals surface area contributed by atoms with Gasteiger partial charge >= 0.3 is 0 Å². The fourth-order valence-corrected chi connectivity index (χ4v) is 6.00. The maximum Gasteiger partial charge on any atom is 0.229 e. The third-order valence-electron chi connectivity index (χ3n) is 4.65. The largest absolute Gasteiger partial charge is 0.317 e. The second-order valence-electron chi connectivity index (χ2n) is 6.60. The highest BCUT2D eigenvalue weighted by molar-refractivity contribution is 7.88. The molecule has 2 aromatic heterocycles. The lowest BCUT2D eigenvalue weighted by Crippen LogP contribution is -2.43. The van der Waals surface area contributed by atoms with Crippen LogP contribution in [0.1, 0.15) is 12.8 Å². The van der Waals surface area contributed by atoms with E-state index in [2.05, 4.69) is 10.3 Å². The number of carbonyl (C=O) groups excluding carboxylic acids is 1. The summed E-state index contributed by atoms with van der Waals surface area (Å²) in [5.74, 6) is -0.466. The molecule has 0 aliphatic carbocycles. The Morgan fingerprint density at radius 1 is 1.30 bits per heavy atom. The molecule has 1 aliphatic heterocycles. The number of thiophene rings is 1. The maximum absolute atomic E-state index is 12.8.